The van der Waals surface area contributed by atoms with Gasteiger partial charge in [-0.05, 0) is 17.7 Å². The molecule has 0 fully saturated rings. The summed E-state index contributed by atoms with van der Waals surface area (Å²) in [6.07, 6.45) is -4.81. The lowest BCUT2D eigenvalue weighted by Gasteiger charge is -2.14. The van der Waals surface area contributed by atoms with Crippen LogP contribution >= 0.6 is 58.0 Å². The third-order valence-corrected chi connectivity index (χ3v) is 5.05. The smallest absolute Gasteiger partial charge is 0.206 e. The molecule has 118 valence electrons. The molecule has 0 nitrogen and oxygen atoms in total. The summed E-state index contributed by atoms with van der Waals surface area (Å²) in [7, 11) is 0. The standard InChI is InChI=1S/C13H3Cl5F4/c14-8-7(9(15)11(17)12(18)10(8)16)4-1-2-5(6(19)3-4)13(20,21)22/h1-3H. The Kier molecular flexibility index (Phi) is 5.10. The monoisotopic (exact) mass is 410 g/mol. The summed E-state index contributed by atoms with van der Waals surface area (Å²) in [5, 5.41) is -0.643. The normalized spacial score (nSPS) is 11.9. The summed E-state index contributed by atoms with van der Waals surface area (Å²) in [6, 6.07) is 2.24. The second-order valence-corrected chi connectivity index (χ2v) is 6.03. The zero-order chi connectivity index (χ0) is 16.8. The van der Waals surface area contributed by atoms with Crippen LogP contribution in [0, 0.1) is 5.82 Å². The summed E-state index contributed by atoms with van der Waals surface area (Å²) in [6.45, 7) is 0. The zero-order valence-corrected chi connectivity index (χ0v) is 13.9. The van der Waals surface area contributed by atoms with E-state index in [1.165, 1.54) is 0 Å². The average molecular weight is 412 g/mol. The van der Waals surface area contributed by atoms with Gasteiger partial charge < -0.3 is 0 Å². The van der Waals surface area contributed by atoms with E-state index in [-0.39, 0.29) is 36.2 Å². The van der Waals surface area contributed by atoms with Crippen LogP contribution in [0.1, 0.15) is 5.56 Å². The van der Waals surface area contributed by atoms with Crippen LogP contribution in [-0.4, -0.2) is 0 Å². The van der Waals surface area contributed by atoms with Gasteiger partial charge >= 0.3 is 6.18 Å². The van der Waals surface area contributed by atoms with E-state index in [9.17, 15) is 17.6 Å². The maximum absolute atomic E-state index is 13.7. The molecule has 0 aromatic heterocycles. The van der Waals surface area contributed by atoms with Gasteiger partial charge in [0.1, 0.15) is 5.82 Å². The number of hydrogen-bond acceptors (Lipinski definition) is 0. The van der Waals surface area contributed by atoms with Crippen LogP contribution < -0.4 is 0 Å². The maximum Gasteiger partial charge on any atom is 0.419 e. The highest BCUT2D eigenvalue weighted by molar-refractivity contribution is 6.56. The molecule has 2 rings (SSSR count). The van der Waals surface area contributed by atoms with Crippen molar-refractivity contribution in [1.29, 1.82) is 0 Å². The van der Waals surface area contributed by atoms with Gasteiger partial charge in [-0.25, -0.2) is 4.39 Å². The van der Waals surface area contributed by atoms with Gasteiger partial charge in [0.25, 0.3) is 0 Å². The molecule has 0 heterocycles. The van der Waals surface area contributed by atoms with E-state index in [4.69, 9.17) is 58.0 Å². The minimum absolute atomic E-state index is 0.00430. The van der Waals surface area contributed by atoms with Gasteiger partial charge in [-0.1, -0.05) is 64.1 Å². The molecule has 0 spiro atoms. The Morgan fingerprint density at radius 1 is 0.727 bits per heavy atom. The summed E-state index contributed by atoms with van der Waals surface area (Å²) in [5.41, 5.74) is -1.43. The van der Waals surface area contributed by atoms with Crippen LogP contribution in [0.4, 0.5) is 17.6 Å². The van der Waals surface area contributed by atoms with Crippen molar-refractivity contribution in [2.75, 3.05) is 0 Å². The number of hydrogen-bond donors (Lipinski definition) is 0. The van der Waals surface area contributed by atoms with Crippen LogP contribution in [0.15, 0.2) is 18.2 Å². The number of rotatable bonds is 1. The van der Waals surface area contributed by atoms with Crippen LogP contribution in [0.5, 0.6) is 0 Å². The SMILES string of the molecule is Fc1cc(-c2c(Cl)c(Cl)c(Cl)c(Cl)c2Cl)ccc1C(F)(F)F. The van der Waals surface area contributed by atoms with E-state index in [0.717, 1.165) is 6.07 Å². The van der Waals surface area contributed by atoms with Gasteiger partial charge in [-0.15, -0.1) is 0 Å². The third kappa shape index (κ3) is 3.13. The second-order valence-electron chi connectivity index (χ2n) is 4.14. The molecule has 0 unspecified atom stereocenters. The predicted molar refractivity (Wildman–Crippen MR) is 81.9 cm³/mol. The molecule has 0 aliphatic carbocycles. The fourth-order valence-electron chi connectivity index (χ4n) is 1.76. The molecule has 2 aromatic rings. The maximum atomic E-state index is 13.7. The Morgan fingerprint density at radius 2 is 1.18 bits per heavy atom. The van der Waals surface area contributed by atoms with E-state index in [0.29, 0.717) is 12.1 Å². The Labute approximate surface area is 147 Å². The highest BCUT2D eigenvalue weighted by Gasteiger charge is 2.34. The average Bonchev–Trinajstić information content (AvgIpc) is 2.42. The molecular formula is C13H3Cl5F4. The summed E-state index contributed by atoms with van der Waals surface area (Å²) in [5.74, 6) is -1.47. The van der Waals surface area contributed by atoms with E-state index in [1.54, 1.807) is 0 Å². The fraction of sp³-hybridized carbons (Fsp3) is 0.0769. The second kappa shape index (κ2) is 6.25. The van der Waals surface area contributed by atoms with Crippen LogP contribution in [0.25, 0.3) is 11.1 Å². The first-order valence-electron chi connectivity index (χ1n) is 5.44. The van der Waals surface area contributed by atoms with Gasteiger partial charge in [-0.2, -0.15) is 13.2 Å². The highest BCUT2D eigenvalue weighted by atomic mass is 35.5. The topological polar surface area (TPSA) is 0 Å². The molecule has 0 atom stereocenters. The Bertz CT molecular complexity index is 726. The molecule has 0 N–H and O–H groups in total. The number of alkyl halides is 3. The van der Waals surface area contributed by atoms with E-state index >= 15 is 0 Å². The van der Waals surface area contributed by atoms with Crippen LogP contribution in [0.3, 0.4) is 0 Å². The molecule has 0 aliphatic heterocycles. The lowest BCUT2D eigenvalue weighted by Crippen LogP contribution is -2.07. The fourth-order valence-corrected chi connectivity index (χ4v) is 3.12. The van der Waals surface area contributed by atoms with Crippen molar-refractivity contribution in [2.45, 2.75) is 6.18 Å². The van der Waals surface area contributed by atoms with Crippen LogP contribution in [0.2, 0.25) is 25.1 Å². The van der Waals surface area contributed by atoms with Gasteiger partial charge in [0.05, 0.1) is 30.7 Å². The van der Waals surface area contributed by atoms with Crippen molar-refractivity contribution in [3.63, 3.8) is 0 Å². The van der Waals surface area contributed by atoms with Crippen molar-refractivity contribution in [2.24, 2.45) is 0 Å². The highest BCUT2D eigenvalue weighted by Crippen LogP contribution is 2.48. The van der Waals surface area contributed by atoms with Crippen LogP contribution in [-0.2, 0) is 6.18 Å². The molecule has 0 saturated heterocycles. The lowest BCUT2D eigenvalue weighted by atomic mass is 10.0. The van der Waals surface area contributed by atoms with Crippen molar-refractivity contribution in [1.82, 2.24) is 0 Å². The van der Waals surface area contributed by atoms with Gasteiger partial charge in [-0.3, -0.25) is 0 Å². The summed E-state index contributed by atoms with van der Waals surface area (Å²) < 4.78 is 51.4. The minimum Gasteiger partial charge on any atom is -0.206 e. The molecule has 22 heavy (non-hydrogen) atoms. The first kappa shape index (κ1) is 18.0. The Hall–Kier alpha value is -0.390. The largest absolute Gasteiger partial charge is 0.419 e. The first-order valence-corrected chi connectivity index (χ1v) is 7.33. The molecule has 0 bridgehead atoms. The molecule has 0 saturated carbocycles. The first-order chi connectivity index (χ1) is 10.1. The van der Waals surface area contributed by atoms with Crippen molar-refractivity contribution in [3.05, 3.63) is 54.7 Å². The van der Waals surface area contributed by atoms with E-state index in [1.807, 2.05) is 0 Å². The summed E-state index contributed by atoms with van der Waals surface area (Å²) >= 11 is 29.5. The number of halogens is 9. The predicted octanol–water partition coefficient (Wildman–Crippen LogP) is 7.78. The van der Waals surface area contributed by atoms with Crippen molar-refractivity contribution >= 4 is 58.0 Å². The molecule has 0 radical (unpaired) electrons. The third-order valence-electron chi connectivity index (χ3n) is 2.77. The molecular weight excluding hydrogens is 409 g/mol. The van der Waals surface area contributed by atoms with Gasteiger partial charge in [0, 0.05) is 5.56 Å². The van der Waals surface area contributed by atoms with Crippen molar-refractivity contribution in [3.8, 4) is 11.1 Å². The summed E-state index contributed by atoms with van der Waals surface area (Å²) in [4.78, 5) is 0. The molecule has 0 aliphatic rings. The minimum atomic E-state index is -4.81. The van der Waals surface area contributed by atoms with Crippen molar-refractivity contribution < 1.29 is 17.6 Å². The van der Waals surface area contributed by atoms with Gasteiger partial charge in [0.15, 0.2) is 0 Å². The Balaban J connectivity index is 2.71. The number of benzene rings is 2. The van der Waals surface area contributed by atoms with E-state index < -0.39 is 17.6 Å². The lowest BCUT2D eigenvalue weighted by molar-refractivity contribution is -0.139. The Morgan fingerprint density at radius 3 is 1.59 bits per heavy atom. The van der Waals surface area contributed by atoms with Gasteiger partial charge in [0.2, 0.25) is 0 Å². The quantitative estimate of drug-likeness (QED) is 0.255. The van der Waals surface area contributed by atoms with E-state index in [2.05, 4.69) is 0 Å². The zero-order valence-electron chi connectivity index (χ0n) is 10.1. The molecule has 9 heteroatoms. The molecule has 0 amide bonds. The molecule has 2 aromatic carbocycles.